The van der Waals surface area contributed by atoms with Crippen LogP contribution in [0, 0.1) is 6.92 Å². The van der Waals surface area contributed by atoms with Gasteiger partial charge in [-0.1, -0.05) is 31.5 Å². The molecule has 0 fully saturated rings. The average Bonchev–Trinajstić information content (AvgIpc) is 2.95. The predicted molar refractivity (Wildman–Crippen MR) is 94.1 cm³/mol. The Morgan fingerprint density at radius 3 is 2.65 bits per heavy atom. The van der Waals surface area contributed by atoms with Gasteiger partial charge in [0.05, 0.1) is 5.69 Å². The topological polar surface area (TPSA) is 42.4 Å². The lowest BCUT2D eigenvalue weighted by Crippen LogP contribution is -2.31. The molecule has 1 heterocycles. The minimum Gasteiger partial charge on any atom is -0.486 e. The van der Waals surface area contributed by atoms with Gasteiger partial charge in [0, 0.05) is 13.1 Å². The fourth-order valence-corrected chi connectivity index (χ4v) is 3.22. The first-order valence-electron chi connectivity index (χ1n) is 8.09. The monoisotopic (exact) mass is 332 g/mol. The number of amides is 1. The van der Waals surface area contributed by atoms with Crippen LogP contribution in [0.15, 0.2) is 30.3 Å². The molecular formula is C18H24N2O2S. The molecule has 0 saturated carbocycles. The molecule has 1 aromatic heterocycles. The van der Waals surface area contributed by atoms with Crippen LogP contribution in [0.25, 0.3) is 0 Å². The summed E-state index contributed by atoms with van der Waals surface area (Å²) in [6.07, 6.45) is 2.11. The number of nitrogens with zero attached hydrogens (tertiary/aromatic N) is 2. The van der Waals surface area contributed by atoms with Gasteiger partial charge in [-0.15, -0.1) is 11.3 Å². The van der Waals surface area contributed by atoms with Gasteiger partial charge in [-0.05, 0) is 32.4 Å². The van der Waals surface area contributed by atoms with Crippen LogP contribution in [0.1, 0.15) is 47.1 Å². The number of aromatic nitrogens is 1. The molecule has 0 bridgehead atoms. The largest absolute Gasteiger partial charge is 0.486 e. The van der Waals surface area contributed by atoms with Crippen LogP contribution in [0.2, 0.25) is 0 Å². The third-order valence-corrected chi connectivity index (χ3v) is 4.71. The molecular weight excluding hydrogens is 308 g/mol. The normalized spacial score (nSPS) is 10.6. The highest BCUT2D eigenvalue weighted by Gasteiger charge is 2.20. The molecule has 1 aromatic carbocycles. The van der Waals surface area contributed by atoms with E-state index in [0.29, 0.717) is 6.61 Å². The maximum absolute atomic E-state index is 12.6. The number of aryl methyl sites for hydroxylation is 1. The van der Waals surface area contributed by atoms with E-state index in [0.717, 1.165) is 47.3 Å². The Morgan fingerprint density at radius 1 is 1.26 bits per heavy atom. The summed E-state index contributed by atoms with van der Waals surface area (Å²) in [7, 11) is 0. The minimum atomic E-state index is 0.0851. The van der Waals surface area contributed by atoms with Crippen molar-refractivity contribution in [1.82, 2.24) is 9.88 Å². The lowest BCUT2D eigenvalue weighted by molar-refractivity contribution is 0.0766. The average molecular weight is 332 g/mol. The van der Waals surface area contributed by atoms with Gasteiger partial charge in [0.1, 0.15) is 22.2 Å². The van der Waals surface area contributed by atoms with Crippen molar-refractivity contribution < 1.29 is 9.53 Å². The third-order valence-electron chi connectivity index (χ3n) is 3.59. The molecule has 0 N–H and O–H groups in total. The highest BCUT2D eigenvalue weighted by atomic mass is 32.1. The number of ether oxygens (including phenoxy) is 1. The smallest absolute Gasteiger partial charge is 0.265 e. The Labute approximate surface area is 142 Å². The Balaban J connectivity index is 2.03. The van der Waals surface area contributed by atoms with Crippen molar-refractivity contribution in [3.63, 3.8) is 0 Å². The van der Waals surface area contributed by atoms with E-state index in [4.69, 9.17) is 4.74 Å². The van der Waals surface area contributed by atoms with Crippen LogP contribution in [-0.2, 0) is 6.61 Å². The summed E-state index contributed by atoms with van der Waals surface area (Å²) in [6.45, 7) is 7.97. The summed E-state index contributed by atoms with van der Waals surface area (Å²) < 4.78 is 5.71. The second-order valence-electron chi connectivity index (χ2n) is 5.36. The van der Waals surface area contributed by atoms with Crippen LogP contribution in [0.4, 0.5) is 0 Å². The van der Waals surface area contributed by atoms with Gasteiger partial charge < -0.3 is 9.64 Å². The van der Waals surface area contributed by atoms with Gasteiger partial charge >= 0.3 is 0 Å². The van der Waals surface area contributed by atoms with Crippen LogP contribution in [0.5, 0.6) is 5.75 Å². The van der Waals surface area contributed by atoms with E-state index in [1.165, 1.54) is 11.3 Å². The van der Waals surface area contributed by atoms with E-state index in [1.807, 2.05) is 49.1 Å². The van der Waals surface area contributed by atoms with Crippen LogP contribution in [-0.4, -0.2) is 28.9 Å². The van der Waals surface area contributed by atoms with Crippen molar-refractivity contribution in [2.45, 2.75) is 40.2 Å². The van der Waals surface area contributed by atoms with Crippen molar-refractivity contribution in [2.75, 3.05) is 13.1 Å². The quantitative estimate of drug-likeness (QED) is 0.724. The predicted octanol–water partition coefficient (Wildman–Crippen LogP) is 4.29. The van der Waals surface area contributed by atoms with Crippen molar-refractivity contribution in [3.05, 3.63) is 45.9 Å². The van der Waals surface area contributed by atoms with Crippen molar-refractivity contribution >= 4 is 17.2 Å². The first-order chi connectivity index (χ1) is 11.2. The van der Waals surface area contributed by atoms with Crippen LogP contribution in [0.3, 0.4) is 0 Å². The minimum absolute atomic E-state index is 0.0851. The fourth-order valence-electron chi connectivity index (χ4n) is 2.27. The third kappa shape index (κ3) is 4.79. The highest BCUT2D eigenvalue weighted by Crippen LogP contribution is 2.22. The van der Waals surface area contributed by atoms with E-state index in [1.54, 1.807) is 0 Å². The molecule has 0 atom stereocenters. The Bertz CT molecular complexity index is 625. The molecule has 2 rings (SSSR count). The summed E-state index contributed by atoms with van der Waals surface area (Å²) >= 11 is 1.44. The Hall–Kier alpha value is -1.88. The van der Waals surface area contributed by atoms with Crippen LogP contribution < -0.4 is 4.74 Å². The zero-order chi connectivity index (χ0) is 16.7. The second kappa shape index (κ2) is 8.67. The zero-order valence-electron chi connectivity index (χ0n) is 14.0. The summed E-state index contributed by atoms with van der Waals surface area (Å²) in [4.78, 5) is 19.8. The number of benzene rings is 1. The number of hydrogen-bond acceptors (Lipinski definition) is 4. The lowest BCUT2D eigenvalue weighted by atomic mass is 10.3. The molecule has 0 aliphatic heterocycles. The molecule has 124 valence electrons. The van der Waals surface area contributed by atoms with Gasteiger partial charge in [0.2, 0.25) is 0 Å². The summed E-state index contributed by atoms with van der Waals surface area (Å²) in [5.74, 6) is 0.897. The maximum Gasteiger partial charge on any atom is 0.265 e. The summed E-state index contributed by atoms with van der Waals surface area (Å²) in [5.41, 5.74) is 0.793. The second-order valence-corrected chi connectivity index (χ2v) is 6.45. The van der Waals surface area contributed by atoms with Crippen molar-refractivity contribution in [2.24, 2.45) is 0 Å². The Kier molecular flexibility index (Phi) is 6.59. The number of para-hydroxylation sites is 1. The van der Waals surface area contributed by atoms with Gasteiger partial charge in [-0.2, -0.15) is 0 Å². The number of carbonyl (C=O) groups excluding carboxylic acids is 1. The van der Waals surface area contributed by atoms with E-state index in [9.17, 15) is 4.79 Å². The molecule has 5 heteroatoms. The molecule has 23 heavy (non-hydrogen) atoms. The first kappa shape index (κ1) is 17.5. The van der Waals surface area contributed by atoms with E-state index in [2.05, 4.69) is 11.9 Å². The van der Waals surface area contributed by atoms with Gasteiger partial charge in [-0.25, -0.2) is 4.98 Å². The SMILES string of the molecule is CCCCN(CC)C(=O)c1sc(COc2ccccc2)nc1C. The van der Waals surface area contributed by atoms with Gasteiger partial charge in [0.15, 0.2) is 0 Å². The molecule has 0 aliphatic rings. The number of carbonyl (C=O) groups is 1. The number of thiazole rings is 1. The number of unbranched alkanes of at least 4 members (excludes halogenated alkanes) is 1. The number of rotatable bonds is 8. The molecule has 1 amide bonds. The molecule has 0 radical (unpaired) electrons. The summed E-state index contributed by atoms with van der Waals surface area (Å²) in [5, 5.41) is 0.834. The first-order valence-corrected chi connectivity index (χ1v) is 8.90. The Morgan fingerprint density at radius 2 is 2.00 bits per heavy atom. The lowest BCUT2D eigenvalue weighted by Gasteiger charge is -2.19. The van der Waals surface area contributed by atoms with Crippen molar-refractivity contribution in [3.8, 4) is 5.75 Å². The number of hydrogen-bond donors (Lipinski definition) is 0. The zero-order valence-corrected chi connectivity index (χ0v) is 14.9. The van der Waals surface area contributed by atoms with E-state index in [-0.39, 0.29) is 5.91 Å². The van der Waals surface area contributed by atoms with Crippen LogP contribution >= 0.6 is 11.3 Å². The van der Waals surface area contributed by atoms with Crippen molar-refractivity contribution in [1.29, 1.82) is 0 Å². The van der Waals surface area contributed by atoms with E-state index < -0.39 is 0 Å². The molecule has 0 spiro atoms. The standard InChI is InChI=1S/C18H24N2O2S/c1-4-6-12-20(5-2)18(21)17-14(3)19-16(23-17)13-22-15-10-8-7-9-11-15/h7-11H,4-6,12-13H2,1-3H3. The fraction of sp³-hybridized carbons (Fsp3) is 0.444. The van der Waals surface area contributed by atoms with Gasteiger partial charge in [-0.3, -0.25) is 4.79 Å². The maximum atomic E-state index is 12.6. The molecule has 2 aromatic rings. The molecule has 4 nitrogen and oxygen atoms in total. The van der Waals surface area contributed by atoms with E-state index >= 15 is 0 Å². The van der Waals surface area contributed by atoms with Gasteiger partial charge in [0.25, 0.3) is 5.91 Å². The summed E-state index contributed by atoms with van der Waals surface area (Å²) in [6, 6.07) is 9.65. The highest BCUT2D eigenvalue weighted by molar-refractivity contribution is 7.13. The molecule has 0 aliphatic carbocycles. The molecule has 0 saturated heterocycles. The molecule has 0 unspecified atom stereocenters.